The number of aliphatic imine (C=N–C) groups is 1. The van der Waals surface area contributed by atoms with Gasteiger partial charge in [0, 0.05) is 0 Å². The first-order valence-corrected chi connectivity index (χ1v) is 5.70. The maximum Gasteiger partial charge on any atom is 0.442 e. The van der Waals surface area contributed by atoms with Crippen LogP contribution in [0.2, 0.25) is 0 Å². The molecule has 0 radical (unpaired) electrons. The van der Waals surface area contributed by atoms with Crippen LogP contribution < -0.4 is 0 Å². The van der Waals surface area contributed by atoms with Crippen LogP contribution in [0.15, 0.2) is 34.2 Å². The molecule has 1 spiro atoms. The molecule has 2 heterocycles. The zero-order valence-electron chi connectivity index (χ0n) is 7.38. The molecule has 1 aromatic carbocycles. The molecule has 0 saturated carbocycles. The van der Waals surface area contributed by atoms with Crippen LogP contribution in [0.4, 0.5) is 5.69 Å². The van der Waals surface area contributed by atoms with E-state index in [1.165, 1.54) is 5.55 Å². The maximum absolute atomic E-state index is 11.0. The predicted octanol–water partition coefficient (Wildman–Crippen LogP) is 1.45. The van der Waals surface area contributed by atoms with Crippen molar-refractivity contribution in [3.63, 3.8) is 0 Å². The van der Waals surface area contributed by atoms with Crippen molar-refractivity contribution in [2.45, 2.75) is 4.90 Å². The van der Waals surface area contributed by atoms with Crippen molar-refractivity contribution in [1.29, 1.82) is 0 Å². The van der Waals surface area contributed by atoms with Gasteiger partial charge in [0.15, 0.2) is 0 Å². The van der Waals surface area contributed by atoms with Crippen molar-refractivity contribution in [3.05, 3.63) is 24.3 Å². The lowest BCUT2D eigenvalue weighted by Crippen LogP contribution is -2.05. The summed E-state index contributed by atoms with van der Waals surface area (Å²) in [5.41, 5.74) is 2.08. The standard InChI is InChI=1S/C9H5NO4S/c11-8-9(12)14-15(13-8)5-10-6-3-1-2-4-7(6)15/h1-5H. The SMILES string of the molecule is O=C1OS2(C=Nc3ccccc32)OC1=O. The monoisotopic (exact) mass is 223 g/mol. The fourth-order valence-electron chi connectivity index (χ4n) is 1.43. The van der Waals surface area contributed by atoms with Crippen LogP contribution in [-0.4, -0.2) is 17.5 Å². The molecular formula is C9H5NO4S. The Morgan fingerprint density at radius 2 is 1.73 bits per heavy atom. The molecule has 2 aliphatic heterocycles. The molecule has 5 nitrogen and oxygen atoms in total. The Hall–Kier alpha value is -1.82. The Labute approximate surface area is 86.4 Å². The first-order valence-electron chi connectivity index (χ1n) is 4.15. The Kier molecular flexibility index (Phi) is 1.47. The maximum atomic E-state index is 11.0. The van der Waals surface area contributed by atoms with E-state index < -0.39 is 22.5 Å². The van der Waals surface area contributed by atoms with Crippen LogP contribution in [0, 0.1) is 0 Å². The summed E-state index contributed by atoms with van der Waals surface area (Å²) in [5, 5.41) is 0. The quantitative estimate of drug-likeness (QED) is 0.624. The summed E-state index contributed by atoms with van der Waals surface area (Å²) >= 11 is 0. The summed E-state index contributed by atoms with van der Waals surface area (Å²) in [5.74, 6) is -1.90. The van der Waals surface area contributed by atoms with Crippen molar-refractivity contribution >= 4 is 33.8 Å². The van der Waals surface area contributed by atoms with Gasteiger partial charge in [-0.2, -0.15) is 0 Å². The smallest absolute Gasteiger partial charge is 0.324 e. The molecule has 0 N–H and O–H groups in total. The fourth-order valence-corrected chi connectivity index (χ4v) is 3.36. The molecule has 1 fully saturated rings. The third-order valence-corrected chi connectivity index (χ3v) is 4.21. The second-order valence-corrected chi connectivity index (χ2v) is 5.06. The Morgan fingerprint density at radius 3 is 2.47 bits per heavy atom. The molecule has 6 heteroatoms. The van der Waals surface area contributed by atoms with Crippen LogP contribution in [0.3, 0.4) is 0 Å². The van der Waals surface area contributed by atoms with Gasteiger partial charge in [0.2, 0.25) is 0 Å². The molecule has 76 valence electrons. The van der Waals surface area contributed by atoms with E-state index in [-0.39, 0.29) is 0 Å². The van der Waals surface area contributed by atoms with Crippen LogP contribution >= 0.6 is 10.6 Å². The summed E-state index contributed by atoms with van der Waals surface area (Å²) < 4.78 is 9.94. The number of carbonyl (C=O) groups excluding carboxylic acids is 2. The fraction of sp³-hybridized carbons (Fsp3) is 0. The second kappa shape index (κ2) is 2.60. The van der Waals surface area contributed by atoms with Gasteiger partial charge in [-0.3, -0.25) is 0 Å². The molecule has 0 unspecified atom stereocenters. The number of hydrogen-bond donors (Lipinski definition) is 0. The summed E-state index contributed by atoms with van der Waals surface area (Å²) in [7, 11) is -2.37. The molecule has 15 heavy (non-hydrogen) atoms. The van der Waals surface area contributed by atoms with Crippen LogP contribution in [0.5, 0.6) is 0 Å². The molecule has 0 aromatic heterocycles. The van der Waals surface area contributed by atoms with Gasteiger partial charge in [0.1, 0.15) is 10.4 Å². The average Bonchev–Trinajstić information content (AvgIpc) is 2.72. The lowest BCUT2D eigenvalue weighted by atomic mass is 10.3. The third-order valence-electron chi connectivity index (χ3n) is 2.07. The first kappa shape index (κ1) is 8.49. The highest BCUT2D eigenvalue weighted by molar-refractivity contribution is 8.38. The molecule has 2 aliphatic rings. The van der Waals surface area contributed by atoms with Gasteiger partial charge in [0.05, 0.1) is 5.69 Å². The van der Waals surface area contributed by atoms with E-state index in [1.54, 1.807) is 18.2 Å². The first-order chi connectivity index (χ1) is 7.21. The van der Waals surface area contributed by atoms with Crippen molar-refractivity contribution in [2.75, 3.05) is 0 Å². The van der Waals surface area contributed by atoms with E-state index in [0.29, 0.717) is 10.6 Å². The second-order valence-electron chi connectivity index (χ2n) is 2.99. The number of hydrogen-bond acceptors (Lipinski definition) is 5. The van der Waals surface area contributed by atoms with Crippen LogP contribution in [0.25, 0.3) is 0 Å². The molecule has 0 aliphatic carbocycles. The van der Waals surface area contributed by atoms with Gasteiger partial charge in [-0.05, 0) is 22.7 Å². The predicted molar refractivity (Wildman–Crippen MR) is 52.6 cm³/mol. The third kappa shape index (κ3) is 1.02. The minimum Gasteiger partial charge on any atom is -0.324 e. The molecule has 1 aromatic rings. The summed E-state index contributed by atoms with van der Waals surface area (Å²) in [6.45, 7) is 0. The number of nitrogens with zero attached hydrogens (tertiary/aromatic N) is 1. The van der Waals surface area contributed by atoms with Crippen LogP contribution in [-0.2, 0) is 18.0 Å². The zero-order valence-corrected chi connectivity index (χ0v) is 8.19. The molecule has 0 atom stereocenters. The molecule has 3 rings (SSSR count). The van der Waals surface area contributed by atoms with Gasteiger partial charge in [-0.25, -0.2) is 14.6 Å². The van der Waals surface area contributed by atoms with Gasteiger partial charge in [-0.15, -0.1) is 0 Å². The molecule has 0 bridgehead atoms. The van der Waals surface area contributed by atoms with Crippen molar-refractivity contribution in [3.8, 4) is 0 Å². The van der Waals surface area contributed by atoms with Crippen molar-refractivity contribution in [2.24, 2.45) is 4.99 Å². The molecular weight excluding hydrogens is 218 g/mol. The highest BCUT2D eigenvalue weighted by Crippen LogP contribution is 2.65. The van der Waals surface area contributed by atoms with Crippen molar-refractivity contribution in [1.82, 2.24) is 0 Å². The Morgan fingerprint density at radius 1 is 1.07 bits per heavy atom. The average molecular weight is 223 g/mol. The largest absolute Gasteiger partial charge is 0.442 e. The highest BCUT2D eigenvalue weighted by atomic mass is 32.3. The summed E-state index contributed by atoms with van der Waals surface area (Å²) in [6, 6.07) is 7.10. The number of para-hydroxylation sites is 1. The minimum atomic E-state index is -2.37. The summed E-state index contributed by atoms with van der Waals surface area (Å²) in [4.78, 5) is 26.7. The van der Waals surface area contributed by atoms with E-state index in [4.69, 9.17) is 8.37 Å². The lowest BCUT2D eigenvalue weighted by molar-refractivity contribution is -0.150. The summed E-state index contributed by atoms with van der Waals surface area (Å²) in [6.07, 6.45) is 0. The zero-order chi connectivity index (χ0) is 10.5. The van der Waals surface area contributed by atoms with Crippen molar-refractivity contribution < 1.29 is 18.0 Å². The van der Waals surface area contributed by atoms with Crippen LogP contribution in [0.1, 0.15) is 0 Å². The van der Waals surface area contributed by atoms with E-state index in [9.17, 15) is 9.59 Å². The van der Waals surface area contributed by atoms with Gasteiger partial charge in [-0.1, -0.05) is 12.1 Å². The normalized spacial score (nSPS) is 22.4. The lowest BCUT2D eigenvalue weighted by Gasteiger charge is -2.26. The van der Waals surface area contributed by atoms with E-state index >= 15 is 0 Å². The number of rotatable bonds is 0. The number of carbonyl (C=O) groups is 2. The van der Waals surface area contributed by atoms with Gasteiger partial charge in [0.25, 0.3) is 0 Å². The molecule has 0 amide bonds. The van der Waals surface area contributed by atoms with E-state index in [1.807, 2.05) is 6.07 Å². The highest BCUT2D eigenvalue weighted by Gasteiger charge is 2.45. The number of fused-ring (bicyclic) bond motifs is 2. The van der Waals surface area contributed by atoms with E-state index in [2.05, 4.69) is 4.99 Å². The van der Waals surface area contributed by atoms with Gasteiger partial charge >= 0.3 is 11.9 Å². The Balaban J connectivity index is 2.15. The van der Waals surface area contributed by atoms with E-state index in [0.717, 1.165) is 0 Å². The Bertz CT molecular complexity index is 495. The number of benzene rings is 1. The van der Waals surface area contributed by atoms with Gasteiger partial charge < -0.3 is 8.37 Å². The topological polar surface area (TPSA) is 65.0 Å². The minimum absolute atomic E-state index is 0.657. The molecule has 1 saturated heterocycles.